The molecule has 0 aliphatic carbocycles. The van der Waals surface area contributed by atoms with Crippen molar-refractivity contribution in [3.63, 3.8) is 0 Å². The van der Waals surface area contributed by atoms with Crippen molar-refractivity contribution in [2.45, 2.75) is 25.4 Å². The van der Waals surface area contributed by atoms with Crippen molar-refractivity contribution in [1.82, 2.24) is 20.4 Å². The molecule has 0 bridgehead atoms. The average molecular weight is 438 g/mol. The van der Waals surface area contributed by atoms with Gasteiger partial charge in [-0.05, 0) is 61.3 Å². The van der Waals surface area contributed by atoms with E-state index in [9.17, 15) is 4.79 Å². The Bertz CT molecular complexity index is 888. The Hall–Kier alpha value is -3.06. The molecule has 172 valence electrons. The zero-order valence-corrected chi connectivity index (χ0v) is 19.6. The first-order valence-corrected chi connectivity index (χ1v) is 11.1. The smallest absolute Gasteiger partial charge is 0.253 e. The molecular weight excluding hydrogens is 402 g/mol. The van der Waals surface area contributed by atoms with Crippen LogP contribution in [0.4, 0.5) is 0 Å². The number of rotatable bonds is 8. The number of guanidine groups is 1. The Morgan fingerprint density at radius 1 is 1.06 bits per heavy atom. The lowest BCUT2D eigenvalue weighted by Crippen LogP contribution is -2.42. The van der Waals surface area contributed by atoms with Gasteiger partial charge in [0, 0.05) is 39.8 Å². The van der Waals surface area contributed by atoms with Gasteiger partial charge in [-0.3, -0.25) is 14.7 Å². The predicted octanol–water partition coefficient (Wildman–Crippen LogP) is 2.90. The Balaban J connectivity index is 1.59. The molecule has 2 aromatic rings. The maximum atomic E-state index is 12.0. The van der Waals surface area contributed by atoms with E-state index in [1.54, 1.807) is 33.2 Å². The summed E-state index contributed by atoms with van der Waals surface area (Å²) in [7, 11) is 6.99. The summed E-state index contributed by atoms with van der Waals surface area (Å²) in [5, 5.41) is 6.87. The number of carbonyl (C=O) groups excluding carboxylic acids is 1. The fourth-order valence-electron chi connectivity index (χ4n) is 3.96. The monoisotopic (exact) mass is 437 g/mol. The second kappa shape index (κ2) is 11.5. The van der Waals surface area contributed by atoms with Crippen LogP contribution in [-0.4, -0.2) is 69.6 Å². The molecule has 7 heteroatoms. The van der Waals surface area contributed by atoms with Crippen LogP contribution in [0.1, 0.15) is 40.4 Å². The van der Waals surface area contributed by atoms with E-state index in [1.165, 1.54) is 18.4 Å². The maximum Gasteiger partial charge on any atom is 0.253 e. The molecule has 0 spiro atoms. The number of hydrogen-bond acceptors (Lipinski definition) is 4. The maximum absolute atomic E-state index is 12.0. The van der Waals surface area contributed by atoms with E-state index in [0.717, 1.165) is 36.9 Å². The van der Waals surface area contributed by atoms with Crippen LogP contribution in [-0.2, 0) is 6.54 Å². The van der Waals surface area contributed by atoms with Crippen molar-refractivity contribution in [2.75, 3.05) is 47.9 Å². The minimum atomic E-state index is 0.00784. The molecule has 0 aromatic heterocycles. The molecular formula is C25H35N5O2. The van der Waals surface area contributed by atoms with Crippen LogP contribution >= 0.6 is 0 Å². The molecule has 1 atom stereocenters. The van der Waals surface area contributed by atoms with Gasteiger partial charge in [-0.1, -0.05) is 24.3 Å². The first-order chi connectivity index (χ1) is 15.5. The number of likely N-dealkylation sites (tertiary alicyclic amines) is 1. The van der Waals surface area contributed by atoms with Crippen molar-refractivity contribution in [3.05, 3.63) is 65.2 Å². The molecule has 1 amide bonds. The first-order valence-electron chi connectivity index (χ1n) is 11.1. The van der Waals surface area contributed by atoms with Crippen molar-refractivity contribution >= 4 is 11.9 Å². The standard InChI is InChI=1S/C25H35N5O2/c1-26-25(27-17-19-7-9-21(10-8-19)24(31)29(2)3)28-18-23(30-15-5-6-16-30)20-11-13-22(32-4)14-12-20/h7-14,23H,5-6,15-18H2,1-4H3,(H2,26,27,28). The number of nitrogens with zero attached hydrogens (tertiary/aromatic N) is 3. The van der Waals surface area contributed by atoms with E-state index in [1.807, 2.05) is 36.4 Å². The number of carbonyl (C=O) groups is 1. The second-order valence-electron chi connectivity index (χ2n) is 8.24. The van der Waals surface area contributed by atoms with E-state index in [0.29, 0.717) is 12.1 Å². The van der Waals surface area contributed by atoms with Gasteiger partial charge in [-0.15, -0.1) is 0 Å². The fourth-order valence-corrected chi connectivity index (χ4v) is 3.96. The van der Waals surface area contributed by atoms with E-state index < -0.39 is 0 Å². The highest BCUT2D eigenvalue weighted by Crippen LogP contribution is 2.26. The minimum absolute atomic E-state index is 0.00784. The minimum Gasteiger partial charge on any atom is -0.497 e. The van der Waals surface area contributed by atoms with E-state index in [2.05, 4.69) is 32.7 Å². The number of benzene rings is 2. The Morgan fingerprint density at radius 2 is 1.72 bits per heavy atom. The van der Waals surface area contributed by atoms with Crippen molar-refractivity contribution in [3.8, 4) is 5.75 Å². The number of aliphatic imine (C=N–C) groups is 1. The molecule has 2 aromatic carbocycles. The van der Waals surface area contributed by atoms with Gasteiger partial charge >= 0.3 is 0 Å². The highest BCUT2D eigenvalue weighted by atomic mass is 16.5. The summed E-state index contributed by atoms with van der Waals surface area (Å²) in [6, 6.07) is 16.3. The number of methoxy groups -OCH3 is 1. The Kier molecular flexibility index (Phi) is 8.50. The molecule has 7 nitrogen and oxygen atoms in total. The van der Waals surface area contributed by atoms with Gasteiger partial charge in [0.25, 0.3) is 5.91 Å². The van der Waals surface area contributed by atoms with Gasteiger partial charge in [-0.25, -0.2) is 0 Å². The van der Waals surface area contributed by atoms with Crippen LogP contribution < -0.4 is 15.4 Å². The van der Waals surface area contributed by atoms with Crippen LogP contribution in [0.5, 0.6) is 5.75 Å². The van der Waals surface area contributed by atoms with Gasteiger partial charge < -0.3 is 20.3 Å². The van der Waals surface area contributed by atoms with Gasteiger partial charge in [0.15, 0.2) is 5.96 Å². The van der Waals surface area contributed by atoms with Gasteiger partial charge in [0.1, 0.15) is 5.75 Å². The Morgan fingerprint density at radius 3 is 2.28 bits per heavy atom. The van der Waals surface area contributed by atoms with Crippen molar-refractivity contribution in [1.29, 1.82) is 0 Å². The SMILES string of the molecule is CN=C(NCc1ccc(C(=O)N(C)C)cc1)NCC(c1ccc(OC)cc1)N1CCCC1. The van der Waals surface area contributed by atoms with E-state index >= 15 is 0 Å². The lowest BCUT2D eigenvalue weighted by Gasteiger charge is -2.29. The third-order valence-electron chi connectivity index (χ3n) is 5.84. The van der Waals surface area contributed by atoms with Crippen molar-refractivity contribution in [2.24, 2.45) is 4.99 Å². The molecule has 2 N–H and O–H groups in total. The molecule has 32 heavy (non-hydrogen) atoms. The zero-order valence-electron chi connectivity index (χ0n) is 19.6. The quantitative estimate of drug-likeness (QED) is 0.491. The number of amides is 1. The summed E-state index contributed by atoms with van der Waals surface area (Å²) >= 11 is 0. The number of nitrogens with one attached hydrogen (secondary N) is 2. The van der Waals surface area contributed by atoms with Crippen molar-refractivity contribution < 1.29 is 9.53 Å². The molecule has 1 heterocycles. The summed E-state index contributed by atoms with van der Waals surface area (Å²) in [5.41, 5.74) is 3.06. The summed E-state index contributed by atoms with van der Waals surface area (Å²) < 4.78 is 5.32. The largest absolute Gasteiger partial charge is 0.497 e. The highest BCUT2D eigenvalue weighted by Gasteiger charge is 2.23. The lowest BCUT2D eigenvalue weighted by atomic mass is 10.1. The lowest BCUT2D eigenvalue weighted by molar-refractivity contribution is 0.0827. The zero-order chi connectivity index (χ0) is 22.9. The van der Waals surface area contributed by atoms with E-state index in [4.69, 9.17) is 4.74 Å². The first kappa shape index (κ1) is 23.6. The fraction of sp³-hybridized carbons (Fsp3) is 0.440. The predicted molar refractivity (Wildman–Crippen MR) is 129 cm³/mol. The van der Waals surface area contributed by atoms with Gasteiger partial charge in [0.05, 0.1) is 13.2 Å². The molecule has 0 saturated carbocycles. The topological polar surface area (TPSA) is 69.2 Å². The molecule has 1 saturated heterocycles. The van der Waals surface area contributed by atoms with Gasteiger partial charge in [0.2, 0.25) is 0 Å². The molecule has 1 aliphatic rings. The summed E-state index contributed by atoms with van der Waals surface area (Å²) in [6.07, 6.45) is 2.48. The molecule has 3 rings (SSSR count). The molecule has 1 unspecified atom stereocenters. The third-order valence-corrected chi connectivity index (χ3v) is 5.84. The summed E-state index contributed by atoms with van der Waals surface area (Å²) in [4.78, 5) is 20.5. The van der Waals surface area contributed by atoms with Crippen LogP contribution in [0.15, 0.2) is 53.5 Å². The van der Waals surface area contributed by atoms with Crippen LogP contribution in [0, 0.1) is 0 Å². The van der Waals surface area contributed by atoms with E-state index in [-0.39, 0.29) is 11.9 Å². The summed E-state index contributed by atoms with van der Waals surface area (Å²) in [6.45, 7) is 3.63. The number of ether oxygens (including phenoxy) is 1. The third kappa shape index (κ3) is 6.23. The Labute approximate surface area is 191 Å². The van der Waals surface area contributed by atoms with Gasteiger partial charge in [-0.2, -0.15) is 0 Å². The highest BCUT2D eigenvalue weighted by molar-refractivity contribution is 5.93. The molecule has 0 radical (unpaired) electrons. The summed E-state index contributed by atoms with van der Waals surface area (Å²) in [5.74, 6) is 1.64. The second-order valence-corrected chi connectivity index (χ2v) is 8.24. The average Bonchev–Trinajstić information content (AvgIpc) is 3.36. The normalized spacial score (nSPS) is 15.3. The molecule has 1 fully saturated rings. The van der Waals surface area contributed by atoms with Crippen LogP contribution in [0.25, 0.3) is 0 Å². The van der Waals surface area contributed by atoms with Crippen LogP contribution in [0.3, 0.4) is 0 Å². The van der Waals surface area contributed by atoms with Crippen LogP contribution in [0.2, 0.25) is 0 Å². The molecule has 1 aliphatic heterocycles. The number of hydrogen-bond donors (Lipinski definition) is 2.